The zero-order chi connectivity index (χ0) is 20.4. The summed E-state index contributed by atoms with van der Waals surface area (Å²) in [5.41, 5.74) is 2.37. The summed E-state index contributed by atoms with van der Waals surface area (Å²) in [6.07, 6.45) is 1.28. The Bertz CT molecular complexity index is 925. The fourth-order valence-electron chi connectivity index (χ4n) is 3.54. The number of amides is 1. The molecule has 8 heteroatoms. The molecule has 1 aromatic carbocycles. The van der Waals surface area contributed by atoms with Crippen LogP contribution in [0.25, 0.3) is 0 Å². The number of halogens is 2. The van der Waals surface area contributed by atoms with Crippen LogP contribution in [0.3, 0.4) is 0 Å². The van der Waals surface area contributed by atoms with E-state index in [1.807, 2.05) is 0 Å². The Morgan fingerprint density at radius 3 is 2.75 bits per heavy atom. The SMILES string of the molecule is COCCOC(=O)c1c(C)[nH]c(C(=O)N2CCCc3c(Cl)ccc(F)c32)c1C. The molecule has 0 aliphatic carbocycles. The number of carbonyl (C=O) groups excluding carboxylic acids is 2. The third-order valence-corrected chi connectivity index (χ3v) is 5.23. The summed E-state index contributed by atoms with van der Waals surface area (Å²) in [4.78, 5) is 29.9. The Morgan fingerprint density at radius 1 is 1.29 bits per heavy atom. The highest BCUT2D eigenvalue weighted by Gasteiger charge is 2.31. The van der Waals surface area contributed by atoms with Crippen LogP contribution in [-0.2, 0) is 15.9 Å². The Balaban J connectivity index is 1.94. The number of rotatable bonds is 5. The van der Waals surface area contributed by atoms with Crippen molar-refractivity contribution < 1.29 is 23.5 Å². The lowest BCUT2D eigenvalue weighted by molar-refractivity contribution is 0.0387. The molecule has 1 amide bonds. The van der Waals surface area contributed by atoms with Gasteiger partial charge in [-0.3, -0.25) is 4.79 Å². The molecular weight excluding hydrogens is 387 g/mol. The minimum absolute atomic E-state index is 0.117. The average molecular weight is 409 g/mol. The van der Waals surface area contributed by atoms with Gasteiger partial charge in [0.1, 0.15) is 18.1 Å². The minimum Gasteiger partial charge on any atom is -0.460 e. The molecule has 0 spiro atoms. The molecule has 1 N–H and O–H groups in total. The van der Waals surface area contributed by atoms with Crippen molar-refractivity contribution in [1.29, 1.82) is 0 Å². The number of hydrogen-bond donors (Lipinski definition) is 1. The van der Waals surface area contributed by atoms with E-state index in [-0.39, 0.29) is 24.6 Å². The molecule has 1 aliphatic heterocycles. The second-order valence-electron chi connectivity index (χ2n) is 6.67. The summed E-state index contributed by atoms with van der Waals surface area (Å²) in [5, 5.41) is 0.440. The van der Waals surface area contributed by atoms with Crippen LogP contribution in [0.2, 0.25) is 5.02 Å². The van der Waals surface area contributed by atoms with E-state index in [0.29, 0.717) is 46.8 Å². The molecule has 0 radical (unpaired) electrons. The van der Waals surface area contributed by atoms with Crippen LogP contribution < -0.4 is 4.90 Å². The summed E-state index contributed by atoms with van der Waals surface area (Å²) in [6.45, 7) is 4.13. The third kappa shape index (κ3) is 3.64. The number of nitrogens with one attached hydrogen (secondary N) is 1. The number of benzene rings is 1. The van der Waals surface area contributed by atoms with Gasteiger partial charge in [-0.1, -0.05) is 11.6 Å². The second-order valence-corrected chi connectivity index (χ2v) is 7.08. The predicted octanol–water partition coefficient (Wildman–Crippen LogP) is 3.82. The zero-order valence-corrected chi connectivity index (χ0v) is 16.8. The Kier molecular flexibility index (Phi) is 6.05. The lowest BCUT2D eigenvalue weighted by Gasteiger charge is -2.30. The predicted molar refractivity (Wildman–Crippen MR) is 104 cm³/mol. The zero-order valence-electron chi connectivity index (χ0n) is 16.0. The molecule has 0 bridgehead atoms. The highest BCUT2D eigenvalue weighted by Crippen LogP contribution is 2.36. The average Bonchev–Trinajstić information content (AvgIpc) is 2.98. The van der Waals surface area contributed by atoms with Crippen molar-refractivity contribution in [2.45, 2.75) is 26.7 Å². The van der Waals surface area contributed by atoms with Gasteiger partial charge in [0, 0.05) is 24.4 Å². The first kappa shape index (κ1) is 20.4. The van der Waals surface area contributed by atoms with E-state index in [9.17, 15) is 14.0 Å². The number of nitrogens with zero attached hydrogens (tertiary/aromatic N) is 1. The topological polar surface area (TPSA) is 71.6 Å². The van der Waals surface area contributed by atoms with Gasteiger partial charge in [-0.2, -0.15) is 0 Å². The van der Waals surface area contributed by atoms with E-state index in [4.69, 9.17) is 21.1 Å². The van der Waals surface area contributed by atoms with Crippen molar-refractivity contribution in [3.05, 3.63) is 51.1 Å². The summed E-state index contributed by atoms with van der Waals surface area (Å²) in [5.74, 6) is -1.43. The Morgan fingerprint density at radius 2 is 2.04 bits per heavy atom. The summed E-state index contributed by atoms with van der Waals surface area (Å²) in [7, 11) is 1.51. The molecule has 2 heterocycles. The second kappa shape index (κ2) is 8.32. The molecule has 0 saturated carbocycles. The highest BCUT2D eigenvalue weighted by molar-refractivity contribution is 6.32. The van der Waals surface area contributed by atoms with Crippen molar-refractivity contribution in [2.75, 3.05) is 31.8 Å². The molecule has 0 fully saturated rings. The van der Waals surface area contributed by atoms with E-state index in [1.165, 1.54) is 24.1 Å². The van der Waals surface area contributed by atoms with Crippen LogP contribution in [0, 0.1) is 19.7 Å². The molecule has 0 atom stereocenters. The van der Waals surface area contributed by atoms with Crippen molar-refractivity contribution >= 4 is 29.2 Å². The van der Waals surface area contributed by atoms with Crippen LogP contribution in [0.1, 0.15) is 44.1 Å². The van der Waals surface area contributed by atoms with Crippen molar-refractivity contribution in [1.82, 2.24) is 4.98 Å². The van der Waals surface area contributed by atoms with Crippen LogP contribution in [0.5, 0.6) is 0 Å². The number of anilines is 1. The van der Waals surface area contributed by atoms with Crippen molar-refractivity contribution in [3.63, 3.8) is 0 Å². The molecule has 28 heavy (non-hydrogen) atoms. The van der Waals surface area contributed by atoms with Gasteiger partial charge in [-0.15, -0.1) is 0 Å². The van der Waals surface area contributed by atoms with Crippen molar-refractivity contribution in [2.24, 2.45) is 0 Å². The summed E-state index contributed by atoms with van der Waals surface area (Å²) in [6, 6.07) is 2.76. The number of aryl methyl sites for hydroxylation is 1. The molecule has 1 aromatic heterocycles. The minimum atomic E-state index is -0.532. The van der Waals surface area contributed by atoms with E-state index in [0.717, 1.165) is 0 Å². The maximum absolute atomic E-state index is 14.5. The Labute approximate surface area is 167 Å². The number of aromatic nitrogens is 1. The van der Waals surface area contributed by atoms with Gasteiger partial charge in [0.05, 0.1) is 17.9 Å². The monoisotopic (exact) mass is 408 g/mol. The molecule has 0 saturated heterocycles. The fraction of sp³-hybridized carbons (Fsp3) is 0.400. The lowest BCUT2D eigenvalue weighted by Crippen LogP contribution is -2.37. The molecule has 3 rings (SSSR count). The standard InChI is InChI=1S/C20H22ClFN2O4/c1-11-16(20(26)28-10-9-27-3)12(2)23-17(11)19(25)24-8-4-5-13-14(21)6-7-15(22)18(13)24/h6-7,23H,4-5,8-10H2,1-3H3. The molecule has 6 nitrogen and oxygen atoms in total. The van der Waals surface area contributed by atoms with Gasteiger partial charge in [0.25, 0.3) is 5.91 Å². The van der Waals surface area contributed by atoms with E-state index in [1.54, 1.807) is 13.8 Å². The van der Waals surface area contributed by atoms with E-state index >= 15 is 0 Å². The first-order valence-corrected chi connectivity index (χ1v) is 9.38. The molecule has 0 unspecified atom stereocenters. The number of ether oxygens (including phenoxy) is 2. The quantitative estimate of drug-likeness (QED) is 0.603. The summed E-state index contributed by atoms with van der Waals surface area (Å²) >= 11 is 6.21. The van der Waals surface area contributed by atoms with E-state index in [2.05, 4.69) is 4.98 Å². The fourth-order valence-corrected chi connectivity index (χ4v) is 3.78. The number of fused-ring (bicyclic) bond motifs is 1. The number of carbonyl (C=O) groups is 2. The molecule has 150 valence electrons. The first-order chi connectivity index (χ1) is 13.4. The van der Waals surface area contributed by atoms with Gasteiger partial charge < -0.3 is 19.4 Å². The summed E-state index contributed by atoms with van der Waals surface area (Å²) < 4.78 is 24.6. The van der Waals surface area contributed by atoms with Crippen LogP contribution >= 0.6 is 11.6 Å². The molecule has 1 aliphatic rings. The highest BCUT2D eigenvalue weighted by atomic mass is 35.5. The maximum atomic E-state index is 14.5. The van der Waals surface area contributed by atoms with Gasteiger partial charge in [-0.25, -0.2) is 9.18 Å². The largest absolute Gasteiger partial charge is 0.460 e. The maximum Gasteiger partial charge on any atom is 0.340 e. The molecule has 2 aromatic rings. The first-order valence-electron chi connectivity index (χ1n) is 9.00. The lowest BCUT2D eigenvalue weighted by atomic mass is 10.00. The van der Waals surface area contributed by atoms with Gasteiger partial charge in [0.2, 0.25) is 0 Å². The number of hydrogen-bond acceptors (Lipinski definition) is 4. The smallest absolute Gasteiger partial charge is 0.340 e. The van der Waals surface area contributed by atoms with Crippen LogP contribution in [-0.4, -0.2) is 43.7 Å². The Hall–Kier alpha value is -2.38. The third-order valence-electron chi connectivity index (χ3n) is 4.88. The van der Waals surface area contributed by atoms with Crippen molar-refractivity contribution in [3.8, 4) is 0 Å². The van der Waals surface area contributed by atoms with Gasteiger partial charge >= 0.3 is 5.97 Å². The number of methoxy groups -OCH3 is 1. The van der Waals surface area contributed by atoms with Crippen LogP contribution in [0.4, 0.5) is 10.1 Å². The van der Waals surface area contributed by atoms with Gasteiger partial charge in [0.15, 0.2) is 0 Å². The number of H-pyrrole nitrogens is 1. The van der Waals surface area contributed by atoms with E-state index < -0.39 is 17.7 Å². The normalized spacial score (nSPS) is 13.4. The van der Waals surface area contributed by atoms with Crippen LogP contribution in [0.15, 0.2) is 12.1 Å². The number of aromatic amines is 1. The number of esters is 1. The van der Waals surface area contributed by atoms with Gasteiger partial charge in [-0.05, 0) is 49.9 Å². The molecular formula is C20H22ClFN2O4.